The number of rotatable bonds is 1. The van der Waals surface area contributed by atoms with Crippen molar-refractivity contribution in [3.8, 4) is 0 Å². The molecule has 0 saturated heterocycles. The minimum atomic E-state index is -0.0183. The third-order valence-corrected chi connectivity index (χ3v) is 3.65. The number of hydrogen-bond donors (Lipinski definition) is 1. The number of hydrogen-bond acceptors (Lipinski definition) is 1. The van der Waals surface area contributed by atoms with Gasteiger partial charge in [-0.25, -0.2) is 0 Å². The molecule has 0 heterocycles. The maximum absolute atomic E-state index is 9.67. The lowest BCUT2D eigenvalue weighted by Gasteiger charge is -2.07. The lowest BCUT2D eigenvalue weighted by molar-refractivity contribution is 0.156. The van der Waals surface area contributed by atoms with Gasteiger partial charge in [0.25, 0.3) is 0 Å². The third-order valence-electron chi connectivity index (χ3n) is 3.65. The van der Waals surface area contributed by atoms with Gasteiger partial charge in [-0.15, -0.1) is 0 Å². The molecule has 0 aliphatic heterocycles. The van der Waals surface area contributed by atoms with E-state index in [9.17, 15) is 5.11 Å². The first-order valence-electron chi connectivity index (χ1n) is 5.11. The predicted octanol–water partition coefficient (Wildman–Crippen LogP) is 2.17. The standard InChI is InChI=1S/C12H14O/c13-10-7-6-9-11(12(9)10)8-4-2-1-3-5-8/h1-5,9-13H,6-7H2/t9-,10+,11+,12+/m0/s1. The Morgan fingerprint density at radius 1 is 1.08 bits per heavy atom. The van der Waals surface area contributed by atoms with Crippen molar-refractivity contribution in [3.05, 3.63) is 35.9 Å². The molecule has 1 aromatic rings. The topological polar surface area (TPSA) is 20.2 Å². The molecule has 2 fully saturated rings. The maximum Gasteiger partial charge on any atom is 0.0577 e. The van der Waals surface area contributed by atoms with Crippen LogP contribution in [0.3, 0.4) is 0 Å². The Labute approximate surface area is 78.4 Å². The molecule has 68 valence electrons. The van der Waals surface area contributed by atoms with E-state index in [0.29, 0.717) is 11.8 Å². The summed E-state index contributed by atoms with van der Waals surface area (Å²) in [6.07, 6.45) is 2.24. The van der Waals surface area contributed by atoms with Crippen molar-refractivity contribution in [2.45, 2.75) is 24.9 Å². The van der Waals surface area contributed by atoms with Gasteiger partial charge in [-0.2, -0.15) is 0 Å². The summed E-state index contributed by atoms with van der Waals surface area (Å²) in [6, 6.07) is 10.6. The average Bonchev–Trinajstić information content (AvgIpc) is 2.80. The van der Waals surface area contributed by atoms with E-state index in [1.54, 1.807) is 0 Å². The van der Waals surface area contributed by atoms with E-state index in [1.165, 1.54) is 12.0 Å². The number of aliphatic hydroxyl groups excluding tert-OH is 1. The minimum absolute atomic E-state index is 0.0183. The summed E-state index contributed by atoms with van der Waals surface area (Å²) in [5.74, 6) is 2.05. The smallest absolute Gasteiger partial charge is 0.0577 e. The zero-order valence-electron chi connectivity index (χ0n) is 7.56. The molecule has 4 atom stereocenters. The Morgan fingerprint density at radius 2 is 1.85 bits per heavy atom. The van der Waals surface area contributed by atoms with Gasteiger partial charge < -0.3 is 5.11 Å². The molecule has 0 amide bonds. The highest BCUT2D eigenvalue weighted by molar-refractivity contribution is 5.30. The van der Waals surface area contributed by atoms with Gasteiger partial charge in [0.15, 0.2) is 0 Å². The van der Waals surface area contributed by atoms with Gasteiger partial charge in [0.05, 0.1) is 6.10 Å². The van der Waals surface area contributed by atoms with E-state index in [4.69, 9.17) is 0 Å². The molecule has 0 radical (unpaired) electrons. The molecule has 2 aliphatic rings. The van der Waals surface area contributed by atoms with Gasteiger partial charge in [-0.05, 0) is 36.2 Å². The highest BCUT2D eigenvalue weighted by atomic mass is 16.3. The number of fused-ring (bicyclic) bond motifs is 1. The van der Waals surface area contributed by atoms with Crippen molar-refractivity contribution in [2.24, 2.45) is 11.8 Å². The van der Waals surface area contributed by atoms with Crippen LogP contribution >= 0.6 is 0 Å². The molecule has 1 N–H and O–H groups in total. The summed E-state index contributed by atoms with van der Waals surface area (Å²) in [5.41, 5.74) is 1.43. The van der Waals surface area contributed by atoms with Crippen LogP contribution in [0.4, 0.5) is 0 Å². The zero-order valence-corrected chi connectivity index (χ0v) is 7.56. The molecular formula is C12H14O. The minimum Gasteiger partial charge on any atom is -0.393 e. The van der Waals surface area contributed by atoms with E-state index in [2.05, 4.69) is 30.3 Å². The summed E-state index contributed by atoms with van der Waals surface area (Å²) in [7, 11) is 0. The van der Waals surface area contributed by atoms with Crippen LogP contribution in [0.15, 0.2) is 30.3 Å². The Hall–Kier alpha value is -0.820. The van der Waals surface area contributed by atoms with Crippen molar-refractivity contribution in [1.82, 2.24) is 0 Å². The molecule has 0 bridgehead atoms. The van der Waals surface area contributed by atoms with Crippen LogP contribution < -0.4 is 0 Å². The maximum atomic E-state index is 9.67. The molecule has 1 heteroatoms. The Morgan fingerprint density at radius 3 is 2.46 bits per heavy atom. The first-order chi connectivity index (χ1) is 6.38. The normalized spacial score (nSPS) is 41.6. The summed E-state index contributed by atoms with van der Waals surface area (Å²) in [4.78, 5) is 0. The second-order valence-electron chi connectivity index (χ2n) is 4.32. The molecule has 0 unspecified atom stereocenters. The van der Waals surface area contributed by atoms with Crippen molar-refractivity contribution in [1.29, 1.82) is 0 Å². The fraction of sp³-hybridized carbons (Fsp3) is 0.500. The average molecular weight is 174 g/mol. The first-order valence-corrected chi connectivity index (χ1v) is 5.11. The predicted molar refractivity (Wildman–Crippen MR) is 51.4 cm³/mol. The number of benzene rings is 1. The van der Waals surface area contributed by atoms with Gasteiger partial charge in [-0.1, -0.05) is 30.3 Å². The summed E-state index contributed by atoms with van der Waals surface area (Å²) in [6.45, 7) is 0. The SMILES string of the molecule is O[C@@H]1CC[C@H]2[C@@H](c3ccccc3)[C@H]21. The van der Waals surface area contributed by atoms with Crippen LogP contribution in [0.1, 0.15) is 24.3 Å². The van der Waals surface area contributed by atoms with Crippen LogP contribution in [-0.4, -0.2) is 11.2 Å². The Bertz CT molecular complexity index is 306. The van der Waals surface area contributed by atoms with E-state index < -0.39 is 0 Å². The summed E-state index contributed by atoms with van der Waals surface area (Å²) >= 11 is 0. The van der Waals surface area contributed by atoms with Crippen molar-refractivity contribution >= 4 is 0 Å². The van der Waals surface area contributed by atoms with E-state index in [0.717, 1.165) is 12.3 Å². The van der Waals surface area contributed by atoms with Crippen LogP contribution in [-0.2, 0) is 0 Å². The molecular weight excluding hydrogens is 160 g/mol. The quantitative estimate of drug-likeness (QED) is 0.691. The molecule has 2 aliphatic carbocycles. The summed E-state index contributed by atoms with van der Waals surface area (Å²) in [5, 5.41) is 9.67. The molecule has 1 nitrogen and oxygen atoms in total. The van der Waals surface area contributed by atoms with Crippen molar-refractivity contribution < 1.29 is 5.11 Å². The van der Waals surface area contributed by atoms with E-state index in [1.807, 2.05) is 0 Å². The number of aliphatic hydroxyl groups is 1. The zero-order chi connectivity index (χ0) is 8.84. The summed E-state index contributed by atoms with van der Waals surface area (Å²) < 4.78 is 0. The van der Waals surface area contributed by atoms with Gasteiger partial charge in [0, 0.05) is 0 Å². The Kier molecular flexibility index (Phi) is 1.50. The molecule has 2 saturated carbocycles. The van der Waals surface area contributed by atoms with Crippen LogP contribution in [0.2, 0.25) is 0 Å². The molecule has 13 heavy (non-hydrogen) atoms. The first kappa shape index (κ1) is 7.57. The van der Waals surface area contributed by atoms with Gasteiger partial charge in [-0.3, -0.25) is 0 Å². The van der Waals surface area contributed by atoms with Crippen molar-refractivity contribution in [3.63, 3.8) is 0 Å². The van der Waals surface area contributed by atoms with Gasteiger partial charge in [0.1, 0.15) is 0 Å². The fourth-order valence-corrected chi connectivity index (χ4v) is 3.00. The van der Waals surface area contributed by atoms with Crippen LogP contribution in [0, 0.1) is 11.8 Å². The monoisotopic (exact) mass is 174 g/mol. The fourth-order valence-electron chi connectivity index (χ4n) is 3.00. The molecule has 1 aromatic carbocycles. The second-order valence-corrected chi connectivity index (χ2v) is 4.32. The third kappa shape index (κ3) is 1.03. The molecule has 3 rings (SSSR count). The van der Waals surface area contributed by atoms with Gasteiger partial charge in [0.2, 0.25) is 0 Å². The van der Waals surface area contributed by atoms with E-state index >= 15 is 0 Å². The molecule has 0 aromatic heterocycles. The lowest BCUT2D eigenvalue weighted by Crippen LogP contribution is -2.06. The van der Waals surface area contributed by atoms with Crippen LogP contribution in [0.5, 0.6) is 0 Å². The highest BCUT2D eigenvalue weighted by Crippen LogP contribution is 2.62. The van der Waals surface area contributed by atoms with Gasteiger partial charge >= 0.3 is 0 Å². The highest BCUT2D eigenvalue weighted by Gasteiger charge is 2.57. The largest absolute Gasteiger partial charge is 0.393 e. The second kappa shape index (κ2) is 2.58. The van der Waals surface area contributed by atoms with E-state index in [-0.39, 0.29) is 6.10 Å². The van der Waals surface area contributed by atoms with Crippen molar-refractivity contribution in [2.75, 3.05) is 0 Å². The molecule has 0 spiro atoms. The lowest BCUT2D eigenvalue weighted by atomic mass is 10.0. The van der Waals surface area contributed by atoms with Crippen LogP contribution in [0.25, 0.3) is 0 Å². The Balaban J connectivity index is 1.84.